The summed E-state index contributed by atoms with van der Waals surface area (Å²) in [7, 11) is 0. The number of nitrogens with zero attached hydrogens (tertiary/aromatic N) is 4. The number of hydrogen-bond acceptors (Lipinski definition) is 7. The average molecular weight is 385 g/mol. The Labute approximate surface area is 147 Å². The summed E-state index contributed by atoms with van der Waals surface area (Å²) in [5.74, 6) is -0.973. The molecule has 0 atom stereocenters. The number of thiophene rings is 2. The van der Waals surface area contributed by atoms with E-state index in [1.165, 1.54) is 18.7 Å². The minimum absolute atomic E-state index is 0.220. The number of carboxylic acid groups (broad SMARTS) is 1. The molecule has 1 N–H and O–H groups in total. The van der Waals surface area contributed by atoms with E-state index in [9.17, 15) is 4.79 Å². The van der Waals surface area contributed by atoms with E-state index < -0.39 is 5.97 Å². The number of hydrogen-bond donors (Lipinski definition) is 1. The maximum absolute atomic E-state index is 10.6. The van der Waals surface area contributed by atoms with Gasteiger partial charge in [-0.1, -0.05) is 23.2 Å². The fourth-order valence-corrected chi connectivity index (χ4v) is 3.78. The van der Waals surface area contributed by atoms with Gasteiger partial charge in [0.1, 0.15) is 27.8 Å². The summed E-state index contributed by atoms with van der Waals surface area (Å²) in [4.78, 5) is 26.3. The topological polar surface area (TPSA) is 88.9 Å². The lowest BCUT2D eigenvalue weighted by Crippen LogP contribution is -1.89. The van der Waals surface area contributed by atoms with Gasteiger partial charge in [-0.3, -0.25) is 0 Å². The number of carbonyl (C=O) groups is 1. The summed E-state index contributed by atoms with van der Waals surface area (Å²) < 4.78 is 1.57. The van der Waals surface area contributed by atoms with Crippen molar-refractivity contribution in [3.05, 3.63) is 45.4 Å². The molecular weight excluding hydrogens is 379 g/mol. The van der Waals surface area contributed by atoms with E-state index >= 15 is 0 Å². The minimum atomic E-state index is -0.973. The molecule has 4 aromatic heterocycles. The maximum atomic E-state index is 10.6. The van der Waals surface area contributed by atoms with Gasteiger partial charge in [0.2, 0.25) is 0 Å². The molecule has 0 fully saturated rings. The zero-order valence-electron chi connectivity index (χ0n) is 11.1. The smallest absolute Gasteiger partial charge is 0.345 e. The molecule has 0 aliphatic heterocycles. The first-order chi connectivity index (χ1) is 11.1. The normalized spacial score (nSPS) is 10.5. The van der Waals surface area contributed by atoms with Crippen LogP contribution in [0.5, 0.6) is 0 Å². The molecule has 116 valence electrons. The lowest BCUT2D eigenvalue weighted by molar-refractivity contribution is 0.0702. The Morgan fingerprint density at radius 3 is 2.26 bits per heavy atom. The number of aromatic nitrogens is 4. The molecule has 0 aromatic carbocycles. The van der Waals surface area contributed by atoms with Crippen LogP contribution in [-0.2, 0) is 0 Å². The minimum Gasteiger partial charge on any atom is -0.477 e. The summed E-state index contributed by atoms with van der Waals surface area (Å²) in [6.07, 6.45) is 2.78. The SMILES string of the molecule is Clc1ncnc2ccsc12.O=C(O)c1cc2ncnc(Cl)c2s1. The first-order valence-corrected chi connectivity index (χ1v) is 8.48. The van der Waals surface area contributed by atoms with Gasteiger partial charge in [0.25, 0.3) is 0 Å². The molecule has 0 spiro atoms. The third kappa shape index (κ3) is 3.40. The summed E-state index contributed by atoms with van der Waals surface area (Å²) in [5, 5.41) is 11.5. The van der Waals surface area contributed by atoms with Crippen molar-refractivity contribution in [2.45, 2.75) is 0 Å². The number of aromatic carboxylic acids is 1. The molecule has 0 saturated heterocycles. The zero-order chi connectivity index (χ0) is 16.4. The highest BCUT2D eigenvalue weighted by atomic mass is 35.5. The van der Waals surface area contributed by atoms with Crippen LogP contribution in [0, 0.1) is 0 Å². The standard InChI is InChI=1S/C7H3ClN2O2S.C6H3ClN2S/c8-6-5-3(9-2-10-6)1-4(13-5)7(11)12;7-6-5-4(1-2-10-5)8-3-9-6/h1-2H,(H,11,12);1-3H. The summed E-state index contributed by atoms with van der Waals surface area (Å²) in [6, 6.07) is 3.41. The highest BCUT2D eigenvalue weighted by Crippen LogP contribution is 2.28. The molecule has 0 unspecified atom stereocenters. The van der Waals surface area contributed by atoms with Crippen LogP contribution in [0.1, 0.15) is 9.67 Å². The number of rotatable bonds is 1. The van der Waals surface area contributed by atoms with Crippen molar-refractivity contribution in [2.24, 2.45) is 0 Å². The van der Waals surface area contributed by atoms with Crippen LogP contribution in [0.3, 0.4) is 0 Å². The molecule has 4 aromatic rings. The molecular formula is C13H6Cl2N4O2S2. The maximum Gasteiger partial charge on any atom is 0.345 e. The van der Waals surface area contributed by atoms with Crippen molar-refractivity contribution in [1.82, 2.24) is 19.9 Å². The first-order valence-electron chi connectivity index (χ1n) is 6.03. The summed E-state index contributed by atoms with van der Waals surface area (Å²) in [6.45, 7) is 0. The van der Waals surface area contributed by atoms with Crippen molar-refractivity contribution < 1.29 is 9.90 Å². The Bertz CT molecular complexity index is 1000. The van der Waals surface area contributed by atoms with Crippen LogP contribution < -0.4 is 0 Å². The van der Waals surface area contributed by atoms with Gasteiger partial charge < -0.3 is 5.11 Å². The van der Waals surface area contributed by atoms with E-state index in [4.69, 9.17) is 28.3 Å². The highest BCUT2D eigenvalue weighted by molar-refractivity contribution is 7.21. The third-order valence-corrected chi connectivity index (χ3v) is 5.50. The lowest BCUT2D eigenvalue weighted by Gasteiger charge is -1.87. The van der Waals surface area contributed by atoms with Crippen LogP contribution in [0.4, 0.5) is 0 Å². The molecule has 23 heavy (non-hydrogen) atoms. The summed E-state index contributed by atoms with van der Waals surface area (Å²) in [5.41, 5.74) is 1.49. The van der Waals surface area contributed by atoms with E-state index in [0.717, 1.165) is 21.6 Å². The van der Waals surface area contributed by atoms with Gasteiger partial charge in [-0.25, -0.2) is 24.7 Å². The number of carboxylic acids is 1. The van der Waals surface area contributed by atoms with Crippen molar-refractivity contribution in [3.8, 4) is 0 Å². The van der Waals surface area contributed by atoms with E-state index in [0.29, 0.717) is 20.5 Å². The highest BCUT2D eigenvalue weighted by Gasteiger charge is 2.11. The second kappa shape index (κ2) is 6.71. The van der Waals surface area contributed by atoms with Gasteiger partial charge in [-0.05, 0) is 17.5 Å². The largest absolute Gasteiger partial charge is 0.477 e. The van der Waals surface area contributed by atoms with Gasteiger partial charge in [0, 0.05) is 0 Å². The predicted molar refractivity (Wildman–Crippen MR) is 91.8 cm³/mol. The molecule has 0 aliphatic rings. The van der Waals surface area contributed by atoms with Crippen LogP contribution in [0.15, 0.2) is 30.2 Å². The molecule has 10 heteroatoms. The predicted octanol–water partition coefficient (Wildman–Crippen LogP) is 4.39. The fourth-order valence-electron chi connectivity index (χ4n) is 1.69. The zero-order valence-corrected chi connectivity index (χ0v) is 14.2. The van der Waals surface area contributed by atoms with Gasteiger partial charge in [-0.2, -0.15) is 0 Å². The molecule has 0 bridgehead atoms. The van der Waals surface area contributed by atoms with E-state index in [1.807, 2.05) is 11.4 Å². The van der Waals surface area contributed by atoms with Crippen molar-refractivity contribution in [3.63, 3.8) is 0 Å². The van der Waals surface area contributed by atoms with E-state index in [1.54, 1.807) is 11.3 Å². The van der Waals surface area contributed by atoms with Crippen molar-refractivity contribution in [2.75, 3.05) is 0 Å². The second-order valence-electron chi connectivity index (χ2n) is 4.09. The van der Waals surface area contributed by atoms with Crippen molar-refractivity contribution >= 4 is 72.3 Å². The van der Waals surface area contributed by atoms with E-state index in [-0.39, 0.29) is 4.88 Å². The van der Waals surface area contributed by atoms with Crippen LogP contribution in [-0.4, -0.2) is 31.0 Å². The van der Waals surface area contributed by atoms with Crippen LogP contribution in [0.2, 0.25) is 10.3 Å². The van der Waals surface area contributed by atoms with Gasteiger partial charge in [-0.15, -0.1) is 22.7 Å². The Balaban J connectivity index is 0.000000140. The Morgan fingerprint density at radius 2 is 1.65 bits per heavy atom. The van der Waals surface area contributed by atoms with Gasteiger partial charge in [0.05, 0.1) is 20.4 Å². The third-order valence-electron chi connectivity index (χ3n) is 2.68. The van der Waals surface area contributed by atoms with Crippen molar-refractivity contribution in [1.29, 1.82) is 0 Å². The Kier molecular flexibility index (Phi) is 4.67. The second-order valence-corrected chi connectivity index (χ2v) is 6.78. The molecule has 6 nitrogen and oxygen atoms in total. The summed E-state index contributed by atoms with van der Waals surface area (Å²) >= 11 is 14.1. The van der Waals surface area contributed by atoms with Gasteiger partial charge >= 0.3 is 5.97 Å². The molecule has 0 radical (unpaired) electrons. The molecule has 0 aliphatic carbocycles. The molecule has 0 saturated carbocycles. The molecule has 4 rings (SSSR count). The number of halogens is 2. The number of fused-ring (bicyclic) bond motifs is 2. The van der Waals surface area contributed by atoms with E-state index in [2.05, 4.69) is 19.9 Å². The van der Waals surface area contributed by atoms with Gasteiger partial charge in [0.15, 0.2) is 0 Å². The first kappa shape index (κ1) is 16.0. The van der Waals surface area contributed by atoms with Crippen LogP contribution in [0.25, 0.3) is 20.4 Å². The fraction of sp³-hybridized carbons (Fsp3) is 0. The van der Waals surface area contributed by atoms with Crippen LogP contribution >= 0.6 is 45.9 Å². The lowest BCUT2D eigenvalue weighted by atomic mass is 10.4. The monoisotopic (exact) mass is 384 g/mol. The Hall–Kier alpha value is -1.87. The Morgan fingerprint density at radius 1 is 1.00 bits per heavy atom. The quantitative estimate of drug-likeness (QED) is 0.489. The average Bonchev–Trinajstić information content (AvgIpc) is 3.15. The molecule has 4 heterocycles. The molecule has 0 amide bonds.